The van der Waals surface area contributed by atoms with Gasteiger partial charge in [-0.2, -0.15) is 0 Å². The van der Waals surface area contributed by atoms with Gasteiger partial charge in [0.1, 0.15) is 11.5 Å². The highest BCUT2D eigenvalue weighted by Gasteiger charge is 2.41. The van der Waals surface area contributed by atoms with Crippen molar-refractivity contribution in [2.24, 2.45) is 0 Å². The molecule has 2 aromatic carbocycles. The average Bonchev–Trinajstić information content (AvgIpc) is 2.64. The fourth-order valence-electron chi connectivity index (χ4n) is 4.08. The predicted molar refractivity (Wildman–Crippen MR) is 81.7 cm³/mol. The van der Waals surface area contributed by atoms with Crippen LogP contribution in [0.25, 0.3) is 0 Å². The first kappa shape index (κ1) is 12.7. The summed E-state index contributed by atoms with van der Waals surface area (Å²) in [5.74, 6) is 0.825. The van der Waals surface area contributed by atoms with E-state index in [1.165, 1.54) is 22.3 Å². The van der Waals surface area contributed by atoms with Crippen LogP contribution in [0, 0.1) is 0 Å². The molecule has 0 spiro atoms. The van der Waals surface area contributed by atoms with Crippen LogP contribution in [-0.2, 0) is 6.42 Å². The summed E-state index contributed by atoms with van der Waals surface area (Å²) in [6.07, 6.45) is 0.949. The Bertz CT molecular complexity index is 725. The van der Waals surface area contributed by atoms with Crippen molar-refractivity contribution in [3.63, 3.8) is 0 Å². The van der Waals surface area contributed by atoms with E-state index in [4.69, 9.17) is 0 Å². The standard InChI is InChI=1S/C18H19NO2/c1-10-18-15-8-12(20)4-3-11(15)7-17(19(10)2)14-6-5-13(21)9-16(14)18/h3-6,8-10,17-18,20-21H,7H2,1-2H3/t10-,17-,18+/m1/s1. The Labute approximate surface area is 124 Å². The van der Waals surface area contributed by atoms with E-state index in [0.29, 0.717) is 23.6 Å². The van der Waals surface area contributed by atoms with E-state index in [2.05, 4.69) is 24.9 Å². The summed E-state index contributed by atoms with van der Waals surface area (Å²) >= 11 is 0. The molecule has 1 aliphatic carbocycles. The second-order valence-corrected chi connectivity index (χ2v) is 6.30. The molecule has 0 unspecified atom stereocenters. The molecule has 0 radical (unpaired) electrons. The summed E-state index contributed by atoms with van der Waals surface area (Å²) in [5.41, 5.74) is 5.00. The van der Waals surface area contributed by atoms with Crippen molar-refractivity contribution in [2.75, 3.05) is 7.05 Å². The number of hydrogen-bond donors (Lipinski definition) is 2. The topological polar surface area (TPSA) is 43.7 Å². The first-order chi connectivity index (χ1) is 10.1. The summed E-state index contributed by atoms with van der Waals surface area (Å²) in [6.45, 7) is 2.23. The molecule has 2 bridgehead atoms. The molecule has 3 heteroatoms. The number of hydrogen-bond acceptors (Lipinski definition) is 3. The van der Waals surface area contributed by atoms with Crippen molar-refractivity contribution >= 4 is 0 Å². The number of aromatic hydroxyl groups is 2. The second-order valence-electron chi connectivity index (χ2n) is 6.30. The summed E-state index contributed by atoms with van der Waals surface area (Å²) in [4.78, 5) is 2.42. The van der Waals surface area contributed by atoms with E-state index < -0.39 is 0 Å². The third kappa shape index (κ3) is 1.70. The number of fused-ring (bicyclic) bond motifs is 1. The first-order valence-electron chi connectivity index (χ1n) is 7.43. The Morgan fingerprint density at radius 2 is 1.62 bits per heavy atom. The fraction of sp³-hybridized carbons (Fsp3) is 0.333. The van der Waals surface area contributed by atoms with Crippen molar-refractivity contribution in [3.05, 3.63) is 58.7 Å². The lowest BCUT2D eigenvalue weighted by atomic mass is 9.79. The van der Waals surface area contributed by atoms with Gasteiger partial charge in [0.05, 0.1) is 0 Å². The van der Waals surface area contributed by atoms with Gasteiger partial charge in [0.15, 0.2) is 0 Å². The monoisotopic (exact) mass is 281 g/mol. The van der Waals surface area contributed by atoms with Crippen LogP contribution in [-0.4, -0.2) is 28.2 Å². The Morgan fingerprint density at radius 3 is 2.38 bits per heavy atom. The van der Waals surface area contributed by atoms with Gasteiger partial charge >= 0.3 is 0 Å². The fourth-order valence-corrected chi connectivity index (χ4v) is 4.08. The number of rotatable bonds is 0. The molecular weight excluding hydrogens is 262 g/mol. The Balaban J connectivity index is 2.03. The molecule has 2 N–H and O–H groups in total. The minimum atomic E-state index is 0.193. The van der Waals surface area contributed by atoms with E-state index in [-0.39, 0.29) is 5.92 Å². The molecule has 108 valence electrons. The van der Waals surface area contributed by atoms with Crippen LogP contribution in [0.4, 0.5) is 0 Å². The molecule has 0 amide bonds. The van der Waals surface area contributed by atoms with Crippen LogP contribution >= 0.6 is 0 Å². The molecule has 3 nitrogen and oxygen atoms in total. The number of likely N-dealkylation sites (N-methyl/N-ethyl adjacent to an activating group) is 1. The largest absolute Gasteiger partial charge is 0.508 e. The highest BCUT2D eigenvalue weighted by atomic mass is 16.3. The summed E-state index contributed by atoms with van der Waals surface area (Å²) in [7, 11) is 2.17. The van der Waals surface area contributed by atoms with Gasteiger partial charge in [-0.1, -0.05) is 12.1 Å². The molecular formula is C18H19NO2. The molecule has 0 saturated heterocycles. The van der Waals surface area contributed by atoms with Crippen LogP contribution in [0.3, 0.4) is 0 Å². The van der Waals surface area contributed by atoms with Gasteiger partial charge < -0.3 is 10.2 Å². The smallest absolute Gasteiger partial charge is 0.115 e. The lowest BCUT2D eigenvalue weighted by molar-refractivity contribution is 0.160. The van der Waals surface area contributed by atoms with Crippen molar-refractivity contribution in [1.82, 2.24) is 4.90 Å². The zero-order valence-electron chi connectivity index (χ0n) is 12.2. The molecule has 21 heavy (non-hydrogen) atoms. The van der Waals surface area contributed by atoms with E-state index in [1.807, 2.05) is 18.2 Å². The van der Waals surface area contributed by atoms with Crippen LogP contribution < -0.4 is 0 Å². The maximum Gasteiger partial charge on any atom is 0.115 e. The Morgan fingerprint density at radius 1 is 0.952 bits per heavy atom. The molecule has 2 aromatic rings. The Kier molecular flexibility index (Phi) is 2.57. The molecule has 0 aromatic heterocycles. The number of phenols is 2. The van der Waals surface area contributed by atoms with Gasteiger partial charge in [-0.25, -0.2) is 0 Å². The zero-order valence-corrected chi connectivity index (χ0v) is 12.2. The van der Waals surface area contributed by atoms with Gasteiger partial charge in [-0.05, 0) is 66.9 Å². The lowest BCUT2D eigenvalue weighted by Gasteiger charge is -2.41. The minimum absolute atomic E-state index is 0.193. The molecule has 0 fully saturated rings. The van der Waals surface area contributed by atoms with Crippen molar-refractivity contribution in [2.45, 2.75) is 31.3 Å². The molecule has 2 aliphatic heterocycles. The lowest BCUT2D eigenvalue weighted by Crippen LogP contribution is -2.41. The SMILES string of the molecule is C[C@@H]1[C@H]2c3cc(O)ccc3C[C@H](c3ccc(O)cc32)N1C. The number of nitrogens with zero attached hydrogens (tertiary/aromatic N) is 1. The average molecular weight is 281 g/mol. The second kappa shape index (κ2) is 4.25. The highest BCUT2D eigenvalue weighted by molar-refractivity contribution is 5.53. The first-order valence-corrected chi connectivity index (χ1v) is 7.43. The van der Waals surface area contributed by atoms with Gasteiger partial charge in [0.25, 0.3) is 0 Å². The molecule has 3 aliphatic rings. The number of benzene rings is 2. The van der Waals surface area contributed by atoms with Gasteiger partial charge in [-0.15, -0.1) is 0 Å². The third-order valence-electron chi connectivity index (χ3n) is 5.26. The molecule has 2 heterocycles. The van der Waals surface area contributed by atoms with Gasteiger partial charge in [-0.3, -0.25) is 4.90 Å². The van der Waals surface area contributed by atoms with Crippen molar-refractivity contribution < 1.29 is 10.2 Å². The van der Waals surface area contributed by atoms with Gasteiger partial charge in [0.2, 0.25) is 0 Å². The minimum Gasteiger partial charge on any atom is -0.508 e. The van der Waals surface area contributed by atoms with E-state index >= 15 is 0 Å². The van der Waals surface area contributed by atoms with Crippen LogP contribution in [0.1, 0.15) is 41.1 Å². The highest BCUT2D eigenvalue weighted by Crippen LogP contribution is 2.49. The zero-order chi connectivity index (χ0) is 14.7. The maximum atomic E-state index is 9.90. The Hall–Kier alpha value is -2.00. The summed E-state index contributed by atoms with van der Waals surface area (Å²) < 4.78 is 0. The summed E-state index contributed by atoms with van der Waals surface area (Å²) in [5, 5.41) is 19.8. The molecule has 5 rings (SSSR count). The van der Waals surface area contributed by atoms with Crippen LogP contribution in [0.15, 0.2) is 36.4 Å². The number of phenolic OH excluding ortho intramolecular Hbond substituents is 2. The quantitative estimate of drug-likeness (QED) is 0.779. The van der Waals surface area contributed by atoms with E-state index in [9.17, 15) is 10.2 Å². The summed E-state index contributed by atoms with van der Waals surface area (Å²) in [6, 6.07) is 12.1. The van der Waals surface area contributed by atoms with Gasteiger partial charge in [0, 0.05) is 18.0 Å². The maximum absolute atomic E-state index is 9.90. The molecule has 0 saturated carbocycles. The van der Waals surface area contributed by atoms with E-state index in [0.717, 1.165) is 6.42 Å². The normalized spacial score (nSPS) is 27.0. The molecule has 3 atom stereocenters. The van der Waals surface area contributed by atoms with Crippen molar-refractivity contribution in [1.29, 1.82) is 0 Å². The van der Waals surface area contributed by atoms with Crippen LogP contribution in [0.5, 0.6) is 11.5 Å². The van der Waals surface area contributed by atoms with E-state index in [1.54, 1.807) is 12.1 Å². The van der Waals surface area contributed by atoms with Crippen LogP contribution in [0.2, 0.25) is 0 Å². The van der Waals surface area contributed by atoms with Crippen molar-refractivity contribution in [3.8, 4) is 11.5 Å². The third-order valence-corrected chi connectivity index (χ3v) is 5.26. The predicted octanol–water partition coefficient (Wildman–Crippen LogP) is 3.16.